The Hall–Kier alpha value is -1.34. The second-order valence-electron chi connectivity index (χ2n) is 6.33. The van der Waals surface area contributed by atoms with Gasteiger partial charge in [-0.05, 0) is 55.0 Å². The smallest absolute Gasteiger partial charge is 0.0102 e. The van der Waals surface area contributed by atoms with Crippen LogP contribution in [0.2, 0.25) is 0 Å². The minimum atomic E-state index is 0.776. The van der Waals surface area contributed by atoms with Crippen LogP contribution in [-0.4, -0.2) is 24.0 Å². The van der Waals surface area contributed by atoms with Crippen LogP contribution in [0.1, 0.15) is 37.2 Å². The Kier molecular flexibility index (Phi) is 2.63. The largest absolute Gasteiger partial charge is 0.300 e. The summed E-state index contributed by atoms with van der Waals surface area (Å²) in [4.78, 5) is 2.62. The van der Waals surface area contributed by atoms with E-state index in [1.165, 1.54) is 36.5 Å². The molecule has 2 fully saturated rings. The van der Waals surface area contributed by atoms with Crippen molar-refractivity contribution in [3.63, 3.8) is 0 Å². The maximum absolute atomic E-state index is 2.62. The van der Waals surface area contributed by atoms with Crippen molar-refractivity contribution in [1.82, 2.24) is 4.90 Å². The van der Waals surface area contributed by atoms with Crippen molar-refractivity contribution >= 4 is 10.8 Å². The first kappa shape index (κ1) is 11.5. The SMILES string of the molecule is CN1[C@@H]2CC[C@H]1CC(c1ccc3ccccc3c1)C2. The van der Waals surface area contributed by atoms with E-state index in [0.29, 0.717) is 0 Å². The van der Waals surface area contributed by atoms with Crippen molar-refractivity contribution in [2.75, 3.05) is 7.05 Å². The van der Waals surface area contributed by atoms with Crippen molar-refractivity contribution in [3.8, 4) is 0 Å². The molecular weight excluding hydrogens is 230 g/mol. The number of hydrogen-bond acceptors (Lipinski definition) is 1. The fourth-order valence-electron chi connectivity index (χ4n) is 4.15. The summed E-state index contributed by atoms with van der Waals surface area (Å²) in [7, 11) is 2.32. The third-order valence-corrected chi connectivity index (χ3v) is 5.34. The van der Waals surface area contributed by atoms with Gasteiger partial charge in [0.2, 0.25) is 0 Å². The molecule has 2 saturated heterocycles. The van der Waals surface area contributed by atoms with Crippen LogP contribution in [0, 0.1) is 0 Å². The lowest BCUT2D eigenvalue weighted by atomic mass is 9.84. The van der Waals surface area contributed by atoms with Gasteiger partial charge in [0.25, 0.3) is 0 Å². The van der Waals surface area contributed by atoms with E-state index in [-0.39, 0.29) is 0 Å². The molecule has 19 heavy (non-hydrogen) atoms. The quantitative estimate of drug-likeness (QED) is 0.735. The Bertz CT molecular complexity index is 589. The van der Waals surface area contributed by atoms with Gasteiger partial charge in [0, 0.05) is 12.1 Å². The molecule has 0 radical (unpaired) electrons. The van der Waals surface area contributed by atoms with Gasteiger partial charge >= 0.3 is 0 Å². The topological polar surface area (TPSA) is 3.24 Å². The summed E-state index contributed by atoms with van der Waals surface area (Å²) in [6, 6.07) is 17.4. The van der Waals surface area contributed by atoms with Crippen molar-refractivity contribution in [1.29, 1.82) is 0 Å². The molecule has 2 aromatic carbocycles. The monoisotopic (exact) mass is 251 g/mol. The lowest BCUT2D eigenvalue weighted by Gasteiger charge is -2.36. The fraction of sp³-hybridized carbons (Fsp3) is 0.444. The summed E-state index contributed by atoms with van der Waals surface area (Å²) in [5.41, 5.74) is 1.56. The zero-order valence-electron chi connectivity index (χ0n) is 11.5. The molecule has 0 aromatic heterocycles. The summed E-state index contributed by atoms with van der Waals surface area (Å²) in [6.07, 6.45) is 5.52. The molecule has 1 nitrogen and oxygen atoms in total. The molecule has 2 aromatic rings. The summed E-state index contributed by atoms with van der Waals surface area (Å²) in [6.45, 7) is 0. The molecule has 0 aliphatic carbocycles. The van der Waals surface area contributed by atoms with E-state index in [2.05, 4.69) is 54.4 Å². The molecule has 0 saturated carbocycles. The molecule has 0 spiro atoms. The zero-order chi connectivity index (χ0) is 12.8. The highest BCUT2D eigenvalue weighted by molar-refractivity contribution is 5.83. The van der Waals surface area contributed by atoms with Gasteiger partial charge in [-0.2, -0.15) is 0 Å². The number of hydrogen-bond donors (Lipinski definition) is 0. The molecule has 2 heterocycles. The van der Waals surface area contributed by atoms with E-state index >= 15 is 0 Å². The van der Waals surface area contributed by atoms with E-state index < -0.39 is 0 Å². The van der Waals surface area contributed by atoms with Crippen LogP contribution < -0.4 is 0 Å². The highest BCUT2D eigenvalue weighted by Crippen LogP contribution is 2.42. The molecular formula is C18H21N. The van der Waals surface area contributed by atoms with Crippen LogP contribution in [0.15, 0.2) is 42.5 Å². The maximum Gasteiger partial charge on any atom is 0.0102 e. The Morgan fingerprint density at radius 1 is 0.895 bits per heavy atom. The number of nitrogens with zero attached hydrogens (tertiary/aromatic N) is 1. The first-order chi connectivity index (χ1) is 9.31. The van der Waals surface area contributed by atoms with E-state index in [1.54, 1.807) is 5.56 Å². The maximum atomic E-state index is 2.62. The highest BCUT2D eigenvalue weighted by Gasteiger charge is 2.38. The van der Waals surface area contributed by atoms with Crippen molar-refractivity contribution < 1.29 is 0 Å². The minimum absolute atomic E-state index is 0.776. The molecule has 0 N–H and O–H groups in total. The van der Waals surface area contributed by atoms with Crippen LogP contribution >= 0.6 is 0 Å². The van der Waals surface area contributed by atoms with Crippen LogP contribution in [0.3, 0.4) is 0 Å². The molecule has 98 valence electrons. The summed E-state index contributed by atoms with van der Waals surface area (Å²) in [5, 5.41) is 2.76. The number of benzene rings is 2. The molecule has 0 amide bonds. The van der Waals surface area contributed by atoms with Gasteiger partial charge in [-0.25, -0.2) is 0 Å². The molecule has 2 bridgehead atoms. The van der Waals surface area contributed by atoms with Crippen LogP contribution in [0.4, 0.5) is 0 Å². The lowest BCUT2D eigenvalue weighted by Crippen LogP contribution is -2.39. The third kappa shape index (κ3) is 1.88. The average molecular weight is 251 g/mol. The molecule has 2 aliphatic rings. The second kappa shape index (κ2) is 4.35. The molecule has 2 aliphatic heterocycles. The van der Waals surface area contributed by atoms with E-state index in [4.69, 9.17) is 0 Å². The third-order valence-electron chi connectivity index (χ3n) is 5.34. The Morgan fingerprint density at radius 3 is 2.32 bits per heavy atom. The molecule has 1 heteroatoms. The first-order valence-corrected chi connectivity index (χ1v) is 7.52. The molecule has 3 atom stereocenters. The van der Waals surface area contributed by atoms with Gasteiger partial charge in [-0.15, -0.1) is 0 Å². The van der Waals surface area contributed by atoms with E-state index in [1.807, 2.05) is 0 Å². The summed E-state index contributed by atoms with van der Waals surface area (Å²) in [5.74, 6) is 0.776. The molecule has 4 rings (SSSR count). The predicted octanol–water partition coefficient (Wildman–Crippen LogP) is 4.18. The van der Waals surface area contributed by atoms with Crippen LogP contribution in [0.5, 0.6) is 0 Å². The second-order valence-corrected chi connectivity index (χ2v) is 6.33. The van der Waals surface area contributed by atoms with Gasteiger partial charge in [0.05, 0.1) is 0 Å². The predicted molar refractivity (Wildman–Crippen MR) is 80.5 cm³/mol. The number of rotatable bonds is 1. The van der Waals surface area contributed by atoms with Gasteiger partial charge < -0.3 is 4.90 Å². The van der Waals surface area contributed by atoms with E-state index in [0.717, 1.165) is 18.0 Å². The van der Waals surface area contributed by atoms with Crippen LogP contribution in [0.25, 0.3) is 10.8 Å². The lowest BCUT2D eigenvalue weighted by molar-refractivity contribution is 0.162. The zero-order valence-corrected chi connectivity index (χ0v) is 11.5. The van der Waals surface area contributed by atoms with Crippen LogP contribution in [-0.2, 0) is 0 Å². The Balaban J connectivity index is 1.68. The Labute approximate surface area is 115 Å². The molecule has 1 unspecified atom stereocenters. The average Bonchev–Trinajstić information content (AvgIpc) is 2.68. The number of piperidine rings is 1. The normalized spacial score (nSPS) is 30.9. The standard InChI is InChI=1S/C18H21N/c1-19-17-8-9-18(19)12-16(11-17)15-7-6-13-4-2-3-5-14(13)10-15/h2-7,10,16-18H,8-9,11-12H2,1H3/t16?,17-,18+. The fourth-order valence-corrected chi connectivity index (χ4v) is 4.15. The van der Waals surface area contributed by atoms with Gasteiger partial charge in [0.1, 0.15) is 0 Å². The van der Waals surface area contributed by atoms with E-state index in [9.17, 15) is 0 Å². The Morgan fingerprint density at radius 2 is 1.58 bits per heavy atom. The summed E-state index contributed by atoms with van der Waals surface area (Å²) >= 11 is 0. The number of fused-ring (bicyclic) bond motifs is 3. The first-order valence-electron chi connectivity index (χ1n) is 7.52. The van der Waals surface area contributed by atoms with Crippen molar-refractivity contribution in [2.24, 2.45) is 0 Å². The van der Waals surface area contributed by atoms with Crippen molar-refractivity contribution in [3.05, 3.63) is 48.0 Å². The highest BCUT2D eigenvalue weighted by atomic mass is 15.2. The van der Waals surface area contributed by atoms with Gasteiger partial charge in [-0.1, -0.05) is 42.5 Å². The summed E-state index contributed by atoms with van der Waals surface area (Å²) < 4.78 is 0. The van der Waals surface area contributed by atoms with Gasteiger partial charge in [0.15, 0.2) is 0 Å². The van der Waals surface area contributed by atoms with Gasteiger partial charge in [-0.3, -0.25) is 0 Å². The minimum Gasteiger partial charge on any atom is -0.300 e. The van der Waals surface area contributed by atoms with Crippen molar-refractivity contribution in [2.45, 2.75) is 43.7 Å².